The molecule has 0 saturated carbocycles. The maximum absolute atomic E-state index is 11.6. The molecule has 0 heterocycles. The van der Waals surface area contributed by atoms with Gasteiger partial charge in [-0.1, -0.05) is 48.0 Å². The van der Waals surface area contributed by atoms with Gasteiger partial charge in [0, 0.05) is 0 Å². The van der Waals surface area contributed by atoms with Crippen molar-refractivity contribution in [3.63, 3.8) is 0 Å². The van der Waals surface area contributed by atoms with Crippen LogP contribution in [0.1, 0.15) is 30.0 Å². The monoisotopic (exact) mass is 324 g/mol. The highest BCUT2D eigenvalue weighted by Gasteiger charge is 2.19. The fourth-order valence-corrected chi connectivity index (χ4v) is 2.73. The van der Waals surface area contributed by atoms with Crippen molar-refractivity contribution >= 4 is 5.97 Å². The number of hydrogen-bond donors (Lipinski definition) is 2. The van der Waals surface area contributed by atoms with Gasteiger partial charge in [-0.3, -0.25) is 4.79 Å². The smallest absolute Gasteiger partial charge is 0.307 e. The van der Waals surface area contributed by atoms with Crippen molar-refractivity contribution < 1.29 is 15.0 Å². The highest BCUT2D eigenvalue weighted by atomic mass is 16.4. The highest BCUT2D eigenvalue weighted by molar-refractivity contribution is 5.71. The average Bonchev–Trinajstić information content (AvgIpc) is 2.54. The molecule has 24 heavy (non-hydrogen) atoms. The zero-order valence-electron chi connectivity index (χ0n) is 14.0. The number of carbonyl (C=O) groups is 1. The normalized spacial score (nSPS) is 11.9. The fraction of sp³-hybridized carbons (Fsp3) is 0.286. The van der Waals surface area contributed by atoms with Crippen molar-refractivity contribution in [1.29, 1.82) is 0 Å². The number of aliphatic carboxylic acids is 1. The van der Waals surface area contributed by atoms with E-state index in [0.717, 1.165) is 35.1 Å². The SMILES string of the molecule is C=C(C)CCc1ccc(CC(Cc2ccccc2)C(=O)O)cc1O. The Labute approximate surface area is 143 Å². The van der Waals surface area contributed by atoms with Crippen molar-refractivity contribution in [2.45, 2.75) is 32.6 Å². The molecule has 1 atom stereocenters. The third-order valence-electron chi connectivity index (χ3n) is 4.13. The Morgan fingerprint density at radius 3 is 2.33 bits per heavy atom. The second-order valence-electron chi connectivity index (χ2n) is 6.35. The van der Waals surface area contributed by atoms with Crippen LogP contribution in [0.2, 0.25) is 0 Å². The predicted octanol–water partition coefficient (Wildman–Crippen LogP) is 4.39. The third kappa shape index (κ3) is 5.27. The molecule has 0 aliphatic rings. The van der Waals surface area contributed by atoms with Crippen LogP contribution >= 0.6 is 0 Å². The Morgan fingerprint density at radius 1 is 1.08 bits per heavy atom. The van der Waals surface area contributed by atoms with Crippen molar-refractivity contribution in [3.05, 3.63) is 77.4 Å². The number of carboxylic acid groups (broad SMARTS) is 1. The minimum Gasteiger partial charge on any atom is -0.508 e. The van der Waals surface area contributed by atoms with E-state index in [4.69, 9.17) is 0 Å². The van der Waals surface area contributed by atoms with E-state index in [-0.39, 0.29) is 5.75 Å². The Bertz CT molecular complexity index is 704. The molecule has 0 saturated heterocycles. The number of carboxylic acids is 1. The summed E-state index contributed by atoms with van der Waals surface area (Å²) in [5.74, 6) is -1.09. The van der Waals surface area contributed by atoms with Crippen LogP contribution in [-0.4, -0.2) is 16.2 Å². The summed E-state index contributed by atoms with van der Waals surface area (Å²) in [5, 5.41) is 19.7. The molecule has 126 valence electrons. The lowest BCUT2D eigenvalue weighted by Crippen LogP contribution is -2.19. The van der Waals surface area contributed by atoms with Crippen LogP contribution in [0.25, 0.3) is 0 Å². The van der Waals surface area contributed by atoms with Crippen LogP contribution in [0, 0.1) is 5.92 Å². The number of allylic oxidation sites excluding steroid dienone is 1. The van der Waals surface area contributed by atoms with Gasteiger partial charge in [0.15, 0.2) is 0 Å². The topological polar surface area (TPSA) is 57.5 Å². The first-order valence-electron chi connectivity index (χ1n) is 8.17. The number of aryl methyl sites for hydroxylation is 1. The van der Waals surface area contributed by atoms with E-state index in [9.17, 15) is 15.0 Å². The number of rotatable bonds is 8. The van der Waals surface area contributed by atoms with Gasteiger partial charge < -0.3 is 10.2 Å². The van der Waals surface area contributed by atoms with E-state index in [2.05, 4.69) is 6.58 Å². The van der Waals surface area contributed by atoms with E-state index in [1.165, 1.54) is 0 Å². The van der Waals surface area contributed by atoms with Gasteiger partial charge in [-0.15, -0.1) is 6.58 Å². The fourth-order valence-electron chi connectivity index (χ4n) is 2.73. The second-order valence-corrected chi connectivity index (χ2v) is 6.35. The molecule has 0 amide bonds. The van der Waals surface area contributed by atoms with Gasteiger partial charge >= 0.3 is 5.97 Å². The van der Waals surface area contributed by atoms with Crippen LogP contribution < -0.4 is 0 Å². The molecule has 2 rings (SSSR count). The molecular formula is C21H24O3. The summed E-state index contributed by atoms with van der Waals surface area (Å²) in [6.07, 6.45) is 2.46. The van der Waals surface area contributed by atoms with Crippen molar-refractivity contribution in [2.75, 3.05) is 0 Å². The third-order valence-corrected chi connectivity index (χ3v) is 4.13. The van der Waals surface area contributed by atoms with E-state index in [1.54, 1.807) is 6.07 Å². The van der Waals surface area contributed by atoms with Gasteiger partial charge in [0.2, 0.25) is 0 Å². The summed E-state index contributed by atoms with van der Waals surface area (Å²) in [7, 11) is 0. The average molecular weight is 324 g/mol. The number of hydrogen-bond acceptors (Lipinski definition) is 2. The number of phenols is 1. The zero-order chi connectivity index (χ0) is 17.5. The van der Waals surface area contributed by atoms with Gasteiger partial charge in [-0.05, 0) is 55.4 Å². The summed E-state index contributed by atoms with van der Waals surface area (Å²) in [5.41, 5.74) is 3.80. The molecule has 0 fully saturated rings. The first kappa shape index (κ1) is 17.8. The molecular weight excluding hydrogens is 300 g/mol. The van der Waals surface area contributed by atoms with Crippen LogP contribution in [0.4, 0.5) is 0 Å². The second kappa shape index (κ2) is 8.34. The Kier molecular flexibility index (Phi) is 6.19. The number of phenolic OH excluding ortho intramolecular Hbond substituents is 1. The van der Waals surface area contributed by atoms with E-state index in [1.807, 2.05) is 49.4 Å². The maximum Gasteiger partial charge on any atom is 0.307 e. The van der Waals surface area contributed by atoms with E-state index >= 15 is 0 Å². The van der Waals surface area contributed by atoms with E-state index < -0.39 is 11.9 Å². The highest BCUT2D eigenvalue weighted by Crippen LogP contribution is 2.24. The maximum atomic E-state index is 11.6. The van der Waals surface area contributed by atoms with Gasteiger partial charge in [-0.25, -0.2) is 0 Å². The van der Waals surface area contributed by atoms with Gasteiger partial charge in [-0.2, -0.15) is 0 Å². The van der Waals surface area contributed by atoms with Crippen molar-refractivity contribution in [3.8, 4) is 5.75 Å². The molecule has 0 bridgehead atoms. The predicted molar refractivity (Wildman–Crippen MR) is 96.2 cm³/mol. The lowest BCUT2D eigenvalue weighted by Gasteiger charge is -2.14. The molecule has 3 heteroatoms. The molecule has 1 unspecified atom stereocenters. The van der Waals surface area contributed by atoms with Crippen molar-refractivity contribution in [2.24, 2.45) is 5.92 Å². The van der Waals surface area contributed by atoms with E-state index in [0.29, 0.717) is 12.8 Å². The van der Waals surface area contributed by atoms with Gasteiger partial charge in [0.25, 0.3) is 0 Å². The van der Waals surface area contributed by atoms with Crippen LogP contribution in [-0.2, 0) is 24.1 Å². The van der Waals surface area contributed by atoms with Crippen LogP contribution in [0.15, 0.2) is 60.7 Å². The first-order valence-corrected chi connectivity index (χ1v) is 8.17. The summed E-state index contributed by atoms with van der Waals surface area (Å²) >= 11 is 0. The molecule has 3 nitrogen and oxygen atoms in total. The molecule has 2 N–H and O–H groups in total. The molecule has 0 radical (unpaired) electrons. The largest absolute Gasteiger partial charge is 0.508 e. The summed E-state index contributed by atoms with van der Waals surface area (Å²) in [6.45, 7) is 5.83. The van der Waals surface area contributed by atoms with Crippen molar-refractivity contribution in [1.82, 2.24) is 0 Å². The van der Waals surface area contributed by atoms with Crippen LogP contribution in [0.3, 0.4) is 0 Å². The summed E-state index contributed by atoms with van der Waals surface area (Å²) < 4.78 is 0. The molecule has 0 spiro atoms. The zero-order valence-corrected chi connectivity index (χ0v) is 14.0. The minimum atomic E-state index is -0.815. The minimum absolute atomic E-state index is 0.234. The Morgan fingerprint density at radius 2 is 1.75 bits per heavy atom. The van der Waals surface area contributed by atoms with Gasteiger partial charge in [0.1, 0.15) is 5.75 Å². The number of aromatic hydroxyl groups is 1. The lowest BCUT2D eigenvalue weighted by molar-refractivity contribution is -0.141. The molecule has 2 aromatic carbocycles. The molecule has 2 aromatic rings. The molecule has 0 aliphatic carbocycles. The quantitative estimate of drug-likeness (QED) is 0.708. The molecule has 0 aliphatic heterocycles. The van der Waals surface area contributed by atoms with Gasteiger partial charge in [0.05, 0.1) is 5.92 Å². The molecule has 0 aromatic heterocycles. The summed E-state index contributed by atoms with van der Waals surface area (Å²) in [6, 6.07) is 15.1. The Hall–Kier alpha value is -2.55. The number of benzene rings is 2. The summed E-state index contributed by atoms with van der Waals surface area (Å²) in [4.78, 5) is 11.6. The first-order chi connectivity index (χ1) is 11.5. The van der Waals surface area contributed by atoms with Crippen LogP contribution in [0.5, 0.6) is 5.75 Å². The lowest BCUT2D eigenvalue weighted by atomic mass is 9.91. The standard InChI is InChI=1S/C21H24O3/c1-15(2)8-10-18-11-9-17(14-20(18)22)13-19(21(23)24)12-16-6-4-3-5-7-16/h3-7,9,11,14,19,22H,1,8,10,12-13H2,2H3,(H,23,24). The Balaban J connectivity index is 2.08.